The summed E-state index contributed by atoms with van der Waals surface area (Å²) in [5, 5.41) is 13.1. The fourth-order valence-corrected chi connectivity index (χ4v) is 2.36. The normalized spacial score (nSPS) is 11.8. The number of nitrogens with one attached hydrogen (secondary N) is 1. The molecule has 1 unspecified atom stereocenters. The van der Waals surface area contributed by atoms with Gasteiger partial charge in [0.25, 0.3) is 5.91 Å². The largest absolute Gasteiger partial charge is 0.336 e. The van der Waals surface area contributed by atoms with Gasteiger partial charge in [0.15, 0.2) is 0 Å². The zero-order valence-corrected chi connectivity index (χ0v) is 9.98. The fourth-order valence-electron chi connectivity index (χ4n) is 0.905. The molecule has 3 nitrogen and oxygen atoms in total. The van der Waals surface area contributed by atoms with Gasteiger partial charge in [-0.05, 0) is 33.8 Å². The van der Waals surface area contributed by atoms with E-state index >= 15 is 0 Å². The topological polar surface area (TPSA) is 52.9 Å². The number of rotatable bonds is 3. The van der Waals surface area contributed by atoms with Crippen molar-refractivity contribution in [2.75, 3.05) is 0 Å². The van der Waals surface area contributed by atoms with Crippen LogP contribution in [-0.2, 0) is 0 Å². The SMILES string of the molecule is CCC(C#N)NC(=O)c1sccc1Br. The van der Waals surface area contributed by atoms with E-state index < -0.39 is 6.04 Å². The lowest BCUT2D eigenvalue weighted by molar-refractivity contribution is 0.0948. The molecule has 1 amide bonds. The van der Waals surface area contributed by atoms with Crippen LogP contribution in [0.25, 0.3) is 0 Å². The third-order valence-corrected chi connectivity index (χ3v) is 3.53. The Hall–Kier alpha value is -0.860. The molecule has 0 aromatic carbocycles. The molecule has 0 aliphatic heterocycles. The molecule has 0 saturated heterocycles. The van der Waals surface area contributed by atoms with Gasteiger partial charge in [0.1, 0.15) is 10.9 Å². The smallest absolute Gasteiger partial charge is 0.263 e. The minimum Gasteiger partial charge on any atom is -0.336 e. The Morgan fingerprint density at radius 1 is 1.86 bits per heavy atom. The van der Waals surface area contributed by atoms with Crippen LogP contribution in [-0.4, -0.2) is 11.9 Å². The van der Waals surface area contributed by atoms with E-state index in [9.17, 15) is 4.79 Å². The number of nitriles is 1. The summed E-state index contributed by atoms with van der Waals surface area (Å²) in [6, 6.07) is 3.43. The van der Waals surface area contributed by atoms with Crippen LogP contribution in [0.3, 0.4) is 0 Å². The van der Waals surface area contributed by atoms with E-state index in [1.807, 2.05) is 24.4 Å². The first-order valence-corrected chi connectivity index (χ1v) is 5.79. The molecule has 1 rings (SSSR count). The minimum absolute atomic E-state index is 0.194. The van der Waals surface area contributed by atoms with E-state index in [0.29, 0.717) is 11.3 Å². The molecule has 0 saturated carbocycles. The van der Waals surface area contributed by atoms with Crippen molar-refractivity contribution in [3.63, 3.8) is 0 Å². The van der Waals surface area contributed by atoms with Gasteiger partial charge in [-0.15, -0.1) is 11.3 Å². The summed E-state index contributed by atoms with van der Waals surface area (Å²) in [5.74, 6) is -0.194. The maximum atomic E-state index is 11.6. The number of hydrogen-bond acceptors (Lipinski definition) is 3. The minimum atomic E-state index is -0.406. The summed E-state index contributed by atoms with van der Waals surface area (Å²) in [6.45, 7) is 1.86. The van der Waals surface area contributed by atoms with Gasteiger partial charge in [0.2, 0.25) is 0 Å². The Balaban J connectivity index is 2.69. The van der Waals surface area contributed by atoms with Crippen molar-refractivity contribution in [2.24, 2.45) is 0 Å². The van der Waals surface area contributed by atoms with Crippen LogP contribution in [0.2, 0.25) is 0 Å². The average Bonchev–Trinajstić information content (AvgIpc) is 2.60. The number of carbonyl (C=O) groups is 1. The molecule has 14 heavy (non-hydrogen) atoms. The molecule has 0 bridgehead atoms. The van der Waals surface area contributed by atoms with E-state index in [1.165, 1.54) is 11.3 Å². The first kappa shape index (κ1) is 11.2. The van der Waals surface area contributed by atoms with E-state index in [-0.39, 0.29) is 5.91 Å². The van der Waals surface area contributed by atoms with Gasteiger partial charge >= 0.3 is 0 Å². The van der Waals surface area contributed by atoms with Crippen molar-refractivity contribution in [3.8, 4) is 6.07 Å². The Labute approximate surface area is 94.9 Å². The van der Waals surface area contributed by atoms with Crippen molar-refractivity contribution in [3.05, 3.63) is 20.8 Å². The van der Waals surface area contributed by atoms with Crippen molar-refractivity contribution in [1.82, 2.24) is 5.32 Å². The maximum absolute atomic E-state index is 11.6. The quantitative estimate of drug-likeness (QED) is 0.920. The first-order chi connectivity index (χ1) is 6.69. The van der Waals surface area contributed by atoms with Crippen LogP contribution in [0.1, 0.15) is 23.0 Å². The van der Waals surface area contributed by atoms with Gasteiger partial charge < -0.3 is 5.32 Å². The summed E-state index contributed by atoms with van der Waals surface area (Å²) >= 11 is 4.62. The molecule has 1 N–H and O–H groups in total. The number of carbonyl (C=O) groups excluding carboxylic acids is 1. The van der Waals surface area contributed by atoms with E-state index in [4.69, 9.17) is 5.26 Å². The molecule has 74 valence electrons. The Kier molecular flexibility index (Phi) is 4.11. The van der Waals surface area contributed by atoms with Crippen molar-refractivity contribution >= 4 is 33.2 Å². The second-order valence-corrected chi connectivity index (χ2v) is 4.43. The van der Waals surface area contributed by atoms with Crippen LogP contribution in [0.15, 0.2) is 15.9 Å². The second-order valence-electron chi connectivity index (χ2n) is 2.66. The standard InChI is InChI=1S/C9H9BrN2OS/c1-2-6(5-11)12-9(13)8-7(10)3-4-14-8/h3-4,6H,2H2,1H3,(H,12,13). The molecule has 5 heteroatoms. The molecule has 0 aliphatic carbocycles. The number of hydrogen-bond donors (Lipinski definition) is 1. The summed E-state index contributed by atoms with van der Waals surface area (Å²) in [5.41, 5.74) is 0. The first-order valence-electron chi connectivity index (χ1n) is 4.12. The lowest BCUT2D eigenvalue weighted by Crippen LogP contribution is -2.32. The Morgan fingerprint density at radius 2 is 2.57 bits per heavy atom. The molecule has 0 fully saturated rings. The average molecular weight is 273 g/mol. The fraction of sp³-hybridized carbons (Fsp3) is 0.333. The zero-order valence-electron chi connectivity index (χ0n) is 7.58. The van der Waals surface area contributed by atoms with Gasteiger partial charge in [-0.3, -0.25) is 4.79 Å². The third-order valence-electron chi connectivity index (χ3n) is 1.69. The predicted molar refractivity (Wildman–Crippen MR) is 59.2 cm³/mol. The van der Waals surface area contributed by atoms with Gasteiger partial charge in [-0.1, -0.05) is 6.92 Å². The molecule has 1 atom stereocenters. The van der Waals surface area contributed by atoms with Crippen LogP contribution in [0, 0.1) is 11.3 Å². The molecular formula is C9H9BrN2OS. The molecular weight excluding hydrogens is 264 g/mol. The van der Waals surface area contributed by atoms with Gasteiger partial charge in [-0.2, -0.15) is 5.26 Å². The molecule has 0 radical (unpaired) electrons. The van der Waals surface area contributed by atoms with Crippen LogP contribution in [0.5, 0.6) is 0 Å². The van der Waals surface area contributed by atoms with Crippen LogP contribution >= 0.6 is 27.3 Å². The monoisotopic (exact) mass is 272 g/mol. The van der Waals surface area contributed by atoms with Gasteiger partial charge in [0, 0.05) is 4.47 Å². The Morgan fingerprint density at radius 3 is 3.00 bits per heavy atom. The van der Waals surface area contributed by atoms with Gasteiger partial charge in [0.05, 0.1) is 6.07 Å². The summed E-state index contributed by atoms with van der Waals surface area (Å²) in [4.78, 5) is 12.2. The van der Waals surface area contributed by atoms with E-state index in [2.05, 4.69) is 21.2 Å². The highest BCUT2D eigenvalue weighted by atomic mass is 79.9. The Bertz CT molecular complexity index is 369. The molecule has 0 aliphatic rings. The van der Waals surface area contributed by atoms with E-state index in [1.54, 1.807) is 0 Å². The highest BCUT2D eigenvalue weighted by Gasteiger charge is 2.14. The van der Waals surface area contributed by atoms with Crippen LogP contribution < -0.4 is 5.32 Å². The van der Waals surface area contributed by atoms with Crippen LogP contribution in [0.4, 0.5) is 0 Å². The molecule has 0 spiro atoms. The summed E-state index contributed by atoms with van der Waals surface area (Å²) in [7, 11) is 0. The third kappa shape index (κ3) is 2.56. The zero-order chi connectivity index (χ0) is 10.6. The lowest BCUT2D eigenvalue weighted by atomic mass is 10.2. The van der Waals surface area contributed by atoms with Gasteiger partial charge in [-0.25, -0.2) is 0 Å². The lowest BCUT2D eigenvalue weighted by Gasteiger charge is -2.07. The molecule has 1 aromatic rings. The van der Waals surface area contributed by atoms with Crippen molar-refractivity contribution < 1.29 is 4.79 Å². The predicted octanol–water partition coefficient (Wildman–Crippen LogP) is 2.54. The molecule has 1 heterocycles. The molecule has 1 aromatic heterocycles. The van der Waals surface area contributed by atoms with E-state index in [0.717, 1.165) is 4.47 Å². The summed E-state index contributed by atoms with van der Waals surface area (Å²) in [6.07, 6.45) is 0.616. The maximum Gasteiger partial charge on any atom is 0.263 e. The highest BCUT2D eigenvalue weighted by Crippen LogP contribution is 2.22. The van der Waals surface area contributed by atoms with Crippen molar-refractivity contribution in [2.45, 2.75) is 19.4 Å². The number of amides is 1. The highest BCUT2D eigenvalue weighted by molar-refractivity contribution is 9.10. The summed E-state index contributed by atoms with van der Waals surface area (Å²) < 4.78 is 0.771. The van der Waals surface area contributed by atoms with Crippen molar-refractivity contribution in [1.29, 1.82) is 5.26 Å². The number of halogens is 1. The number of nitrogens with zero attached hydrogens (tertiary/aromatic N) is 1. The second kappa shape index (κ2) is 5.13. The number of thiophene rings is 1.